The molecular weight excluding hydrogens is 404 g/mol. The minimum atomic E-state index is -0.340. The molecule has 0 atom stereocenters. The SMILES string of the molecule is N#CC(=Cc1cn(CC(=O)NCc2ccco2)c2ccccc12)C(=O)NC1CCCCC1. The third-order valence-corrected chi connectivity index (χ3v) is 5.78. The molecule has 0 saturated heterocycles. The predicted molar refractivity (Wildman–Crippen MR) is 121 cm³/mol. The maximum Gasteiger partial charge on any atom is 0.262 e. The van der Waals surface area contributed by atoms with Crippen molar-refractivity contribution < 1.29 is 14.0 Å². The van der Waals surface area contributed by atoms with Crippen molar-refractivity contribution in [1.29, 1.82) is 5.26 Å². The number of fused-ring (bicyclic) bond motifs is 1. The maximum absolute atomic E-state index is 12.7. The number of nitrogens with zero attached hydrogens (tertiary/aromatic N) is 2. The van der Waals surface area contributed by atoms with Gasteiger partial charge in [0, 0.05) is 28.7 Å². The lowest BCUT2D eigenvalue weighted by Crippen LogP contribution is -2.36. The molecule has 0 spiro atoms. The zero-order chi connectivity index (χ0) is 22.3. The zero-order valence-electron chi connectivity index (χ0n) is 17.8. The Hall–Kier alpha value is -3.79. The van der Waals surface area contributed by atoms with E-state index in [1.54, 1.807) is 24.5 Å². The first-order valence-electron chi connectivity index (χ1n) is 10.9. The highest BCUT2D eigenvalue weighted by atomic mass is 16.3. The third-order valence-electron chi connectivity index (χ3n) is 5.78. The number of para-hydroxylation sites is 1. The van der Waals surface area contributed by atoms with E-state index in [0.29, 0.717) is 12.3 Å². The van der Waals surface area contributed by atoms with Crippen LogP contribution in [0.2, 0.25) is 0 Å². The second-order valence-corrected chi connectivity index (χ2v) is 8.06. The van der Waals surface area contributed by atoms with E-state index in [4.69, 9.17) is 4.42 Å². The Morgan fingerprint density at radius 2 is 1.97 bits per heavy atom. The second kappa shape index (κ2) is 10.0. The van der Waals surface area contributed by atoms with Gasteiger partial charge in [0.15, 0.2) is 0 Å². The van der Waals surface area contributed by atoms with E-state index in [9.17, 15) is 14.9 Å². The number of benzene rings is 1. The Morgan fingerprint density at radius 3 is 2.72 bits per heavy atom. The molecule has 1 aliphatic carbocycles. The average Bonchev–Trinajstić information content (AvgIpc) is 3.45. The molecule has 0 bridgehead atoms. The number of furan rings is 1. The summed E-state index contributed by atoms with van der Waals surface area (Å²) in [5, 5.41) is 16.3. The van der Waals surface area contributed by atoms with Crippen molar-refractivity contribution >= 4 is 28.8 Å². The summed E-state index contributed by atoms with van der Waals surface area (Å²) in [6, 6.07) is 13.4. The van der Waals surface area contributed by atoms with E-state index in [1.165, 1.54) is 6.42 Å². The fourth-order valence-corrected chi connectivity index (χ4v) is 4.14. The summed E-state index contributed by atoms with van der Waals surface area (Å²) < 4.78 is 7.07. The predicted octanol–water partition coefficient (Wildman–Crippen LogP) is 3.91. The van der Waals surface area contributed by atoms with Crippen LogP contribution in [0.1, 0.15) is 43.4 Å². The van der Waals surface area contributed by atoms with E-state index < -0.39 is 0 Å². The first-order chi connectivity index (χ1) is 15.6. The van der Waals surface area contributed by atoms with Gasteiger partial charge in [0.2, 0.25) is 5.91 Å². The van der Waals surface area contributed by atoms with Crippen molar-refractivity contribution in [2.24, 2.45) is 0 Å². The van der Waals surface area contributed by atoms with Crippen LogP contribution in [0.4, 0.5) is 0 Å². The van der Waals surface area contributed by atoms with Gasteiger partial charge >= 0.3 is 0 Å². The normalized spacial score (nSPS) is 14.8. The highest BCUT2D eigenvalue weighted by Gasteiger charge is 2.19. The van der Waals surface area contributed by atoms with Crippen molar-refractivity contribution in [2.45, 2.75) is 51.2 Å². The lowest BCUT2D eigenvalue weighted by atomic mass is 9.95. The van der Waals surface area contributed by atoms with Gasteiger partial charge < -0.3 is 19.6 Å². The highest BCUT2D eigenvalue weighted by molar-refractivity contribution is 6.04. The quantitative estimate of drug-likeness (QED) is 0.438. The van der Waals surface area contributed by atoms with Crippen LogP contribution in [0.25, 0.3) is 17.0 Å². The summed E-state index contributed by atoms with van der Waals surface area (Å²) in [4.78, 5) is 25.1. The maximum atomic E-state index is 12.7. The van der Waals surface area contributed by atoms with Gasteiger partial charge in [-0.2, -0.15) is 5.26 Å². The molecule has 32 heavy (non-hydrogen) atoms. The van der Waals surface area contributed by atoms with Crippen molar-refractivity contribution in [3.05, 3.63) is 65.8 Å². The van der Waals surface area contributed by atoms with Gasteiger partial charge in [-0.25, -0.2) is 0 Å². The second-order valence-electron chi connectivity index (χ2n) is 8.06. The molecule has 0 radical (unpaired) electrons. The average molecular weight is 431 g/mol. The van der Waals surface area contributed by atoms with Gasteiger partial charge in [0.1, 0.15) is 23.9 Å². The topological polar surface area (TPSA) is 100 Å². The smallest absolute Gasteiger partial charge is 0.262 e. The molecule has 2 heterocycles. The largest absolute Gasteiger partial charge is 0.467 e. The Kier molecular flexibility index (Phi) is 6.71. The molecule has 1 aromatic carbocycles. The standard InChI is InChI=1S/C25H26N4O3/c26-14-18(25(31)28-20-7-2-1-3-8-20)13-19-16-29(23-11-5-4-10-22(19)23)17-24(30)27-15-21-9-6-12-32-21/h4-6,9-13,16,20H,1-3,7-8,15,17H2,(H,27,30)(H,28,31). The molecule has 2 aromatic heterocycles. The van der Waals surface area contributed by atoms with Crippen LogP contribution >= 0.6 is 0 Å². The van der Waals surface area contributed by atoms with Gasteiger partial charge in [-0.05, 0) is 37.1 Å². The number of aromatic nitrogens is 1. The number of hydrogen-bond acceptors (Lipinski definition) is 4. The first-order valence-corrected chi connectivity index (χ1v) is 10.9. The van der Waals surface area contributed by atoms with E-state index in [0.717, 1.165) is 42.1 Å². The molecule has 2 N–H and O–H groups in total. The Balaban J connectivity index is 1.52. The number of carbonyl (C=O) groups excluding carboxylic acids is 2. The summed E-state index contributed by atoms with van der Waals surface area (Å²) >= 11 is 0. The van der Waals surface area contributed by atoms with Gasteiger partial charge in [-0.15, -0.1) is 0 Å². The number of nitriles is 1. The lowest BCUT2D eigenvalue weighted by molar-refractivity contribution is -0.122. The van der Waals surface area contributed by atoms with Crippen molar-refractivity contribution in [3.63, 3.8) is 0 Å². The molecule has 7 heteroatoms. The molecule has 7 nitrogen and oxygen atoms in total. The number of carbonyl (C=O) groups is 2. The van der Waals surface area contributed by atoms with Crippen LogP contribution in [0, 0.1) is 11.3 Å². The summed E-state index contributed by atoms with van der Waals surface area (Å²) in [6.07, 6.45) is 10.3. The highest BCUT2D eigenvalue weighted by Crippen LogP contribution is 2.24. The summed E-state index contributed by atoms with van der Waals surface area (Å²) in [5.41, 5.74) is 1.66. The van der Waals surface area contributed by atoms with Crippen LogP contribution in [0.3, 0.4) is 0 Å². The Labute approximate surface area is 186 Å². The summed E-state index contributed by atoms with van der Waals surface area (Å²) in [6.45, 7) is 0.433. The minimum Gasteiger partial charge on any atom is -0.467 e. The van der Waals surface area contributed by atoms with Crippen molar-refractivity contribution in [3.8, 4) is 6.07 Å². The Bertz CT molecular complexity index is 1160. The van der Waals surface area contributed by atoms with E-state index >= 15 is 0 Å². The lowest BCUT2D eigenvalue weighted by Gasteiger charge is -2.22. The monoisotopic (exact) mass is 430 g/mol. The van der Waals surface area contributed by atoms with E-state index in [-0.39, 0.29) is 30.0 Å². The van der Waals surface area contributed by atoms with Gasteiger partial charge in [-0.3, -0.25) is 9.59 Å². The van der Waals surface area contributed by atoms with Crippen LogP contribution in [-0.2, 0) is 22.7 Å². The van der Waals surface area contributed by atoms with Crippen LogP contribution in [0.5, 0.6) is 0 Å². The number of nitrogens with one attached hydrogen (secondary N) is 2. The van der Waals surface area contributed by atoms with Crippen LogP contribution < -0.4 is 10.6 Å². The zero-order valence-corrected chi connectivity index (χ0v) is 17.8. The molecule has 4 rings (SSSR count). The van der Waals surface area contributed by atoms with Crippen molar-refractivity contribution in [1.82, 2.24) is 15.2 Å². The van der Waals surface area contributed by atoms with E-state index in [1.807, 2.05) is 41.1 Å². The molecule has 0 unspecified atom stereocenters. The number of hydrogen-bond donors (Lipinski definition) is 2. The minimum absolute atomic E-state index is 0.0701. The van der Waals surface area contributed by atoms with Crippen molar-refractivity contribution in [2.75, 3.05) is 0 Å². The molecular formula is C25H26N4O3. The summed E-state index contributed by atoms with van der Waals surface area (Å²) in [5.74, 6) is 0.183. The number of rotatable bonds is 7. The molecule has 1 aliphatic rings. The molecule has 0 aliphatic heterocycles. The third kappa shape index (κ3) is 5.09. The van der Waals surface area contributed by atoms with Gasteiger partial charge in [-0.1, -0.05) is 37.5 Å². The summed E-state index contributed by atoms with van der Waals surface area (Å²) in [7, 11) is 0. The molecule has 1 saturated carbocycles. The fraction of sp³-hybridized carbons (Fsp3) is 0.320. The molecule has 1 fully saturated rings. The van der Waals surface area contributed by atoms with Gasteiger partial charge in [0.25, 0.3) is 5.91 Å². The number of amides is 2. The fourth-order valence-electron chi connectivity index (χ4n) is 4.14. The van der Waals surface area contributed by atoms with Crippen LogP contribution in [0.15, 0.2) is 58.8 Å². The Morgan fingerprint density at radius 1 is 1.16 bits per heavy atom. The van der Waals surface area contributed by atoms with E-state index in [2.05, 4.69) is 10.6 Å². The molecule has 3 aromatic rings. The molecule has 164 valence electrons. The first kappa shape index (κ1) is 21.4. The van der Waals surface area contributed by atoms with Crippen LogP contribution in [-0.4, -0.2) is 22.4 Å². The molecule has 2 amide bonds. The van der Waals surface area contributed by atoms with Gasteiger partial charge in [0.05, 0.1) is 12.8 Å².